The van der Waals surface area contributed by atoms with Crippen molar-refractivity contribution in [2.45, 2.75) is 57.2 Å². The third-order valence-corrected chi connectivity index (χ3v) is 4.81. The third kappa shape index (κ3) is 3.40. The Labute approximate surface area is 122 Å². The van der Waals surface area contributed by atoms with Crippen molar-refractivity contribution in [2.24, 2.45) is 5.73 Å². The Balaban J connectivity index is 2.03. The zero-order valence-corrected chi connectivity index (χ0v) is 12.8. The van der Waals surface area contributed by atoms with Crippen molar-refractivity contribution < 1.29 is 5.11 Å². The molecule has 1 aliphatic rings. The molecule has 1 aliphatic heterocycles. The molecule has 1 heterocycles. The molecule has 3 atom stereocenters. The summed E-state index contributed by atoms with van der Waals surface area (Å²) in [7, 11) is 0. The number of benzene rings is 1. The Kier molecular flexibility index (Phi) is 5.19. The number of aliphatic hydroxyl groups is 1. The molecule has 0 bridgehead atoms. The van der Waals surface area contributed by atoms with Crippen LogP contribution in [-0.2, 0) is 5.60 Å². The van der Waals surface area contributed by atoms with Gasteiger partial charge in [0.05, 0.1) is 0 Å². The van der Waals surface area contributed by atoms with E-state index in [1.807, 2.05) is 30.3 Å². The van der Waals surface area contributed by atoms with Crippen LogP contribution in [0.3, 0.4) is 0 Å². The van der Waals surface area contributed by atoms with Crippen molar-refractivity contribution in [3.05, 3.63) is 35.9 Å². The molecule has 1 saturated heterocycles. The molecule has 0 aliphatic carbocycles. The smallest absolute Gasteiger partial charge is 0.103 e. The SMILES string of the molecule is CC1CCCC(C)N1CCC(O)(CN)c1ccccc1. The summed E-state index contributed by atoms with van der Waals surface area (Å²) in [5.74, 6) is 0. The fraction of sp³-hybridized carbons (Fsp3) is 0.647. The minimum Gasteiger partial charge on any atom is -0.384 e. The number of likely N-dealkylation sites (tertiary alicyclic amines) is 1. The van der Waals surface area contributed by atoms with E-state index in [9.17, 15) is 5.11 Å². The average Bonchev–Trinajstić information content (AvgIpc) is 2.47. The molecule has 0 amide bonds. The van der Waals surface area contributed by atoms with E-state index in [0.29, 0.717) is 18.5 Å². The predicted molar refractivity (Wildman–Crippen MR) is 83.5 cm³/mol. The Bertz CT molecular complexity index is 399. The van der Waals surface area contributed by atoms with Gasteiger partial charge in [0.25, 0.3) is 0 Å². The van der Waals surface area contributed by atoms with Crippen molar-refractivity contribution in [1.82, 2.24) is 4.90 Å². The molecular weight excluding hydrogens is 248 g/mol. The van der Waals surface area contributed by atoms with Crippen LogP contribution in [0.15, 0.2) is 30.3 Å². The van der Waals surface area contributed by atoms with Crippen LogP contribution in [0.5, 0.6) is 0 Å². The Morgan fingerprint density at radius 1 is 1.20 bits per heavy atom. The van der Waals surface area contributed by atoms with Crippen LogP contribution in [0, 0.1) is 0 Å². The molecule has 2 rings (SSSR count). The maximum Gasteiger partial charge on any atom is 0.103 e. The zero-order valence-electron chi connectivity index (χ0n) is 12.8. The first-order chi connectivity index (χ1) is 9.57. The fourth-order valence-corrected chi connectivity index (χ4v) is 3.34. The van der Waals surface area contributed by atoms with Gasteiger partial charge in [-0.25, -0.2) is 0 Å². The van der Waals surface area contributed by atoms with Crippen molar-refractivity contribution in [1.29, 1.82) is 0 Å². The van der Waals surface area contributed by atoms with E-state index in [0.717, 1.165) is 12.1 Å². The van der Waals surface area contributed by atoms with Crippen LogP contribution in [-0.4, -0.2) is 35.2 Å². The lowest BCUT2D eigenvalue weighted by molar-refractivity contribution is 0.00833. The van der Waals surface area contributed by atoms with Gasteiger partial charge in [-0.3, -0.25) is 4.90 Å². The first-order valence-corrected chi connectivity index (χ1v) is 7.80. The minimum atomic E-state index is -0.905. The van der Waals surface area contributed by atoms with Gasteiger partial charge in [-0.05, 0) is 38.7 Å². The van der Waals surface area contributed by atoms with Crippen LogP contribution in [0.1, 0.15) is 45.1 Å². The van der Waals surface area contributed by atoms with Crippen LogP contribution < -0.4 is 5.73 Å². The van der Waals surface area contributed by atoms with Crippen molar-refractivity contribution in [3.63, 3.8) is 0 Å². The lowest BCUT2D eigenvalue weighted by Gasteiger charge is -2.41. The van der Waals surface area contributed by atoms with Crippen molar-refractivity contribution >= 4 is 0 Å². The van der Waals surface area contributed by atoms with Crippen LogP contribution >= 0.6 is 0 Å². The average molecular weight is 276 g/mol. The van der Waals surface area contributed by atoms with E-state index in [2.05, 4.69) is 18.7 Å². The van der Waals surface area contributed by atoms with Gasteiger partial charge in [0.15, 0.2) is 0 Å². The van der Waals surface area contributed by atoms with E-state index in [1.165, 1.54) is 19.3 Å². The standard InChI is InChI=1S/C17H28N2O/c1-14-7-6-8-15(2)19(14)12-11-17(20,13-18)16-9-4-3-5-10-16/h3-5,9-10,14-15,20H,6-8,11-13,18H2,1-2H3. The van der Waals surface area contributed by atoms with Gasteiger partial charge in [0.1, 0.15) is 5.60 Å². The molecular formula is C17H28N2O. The quantitative estimate of drug-likeness (QED) is 0.868. The summed E-state index contributed by atoms with van der Waals surface area (Å²) >= 11 is 0. The highest BCUT2D eigenvalue weighted by atomic mass is 16.3. The first-order valence-electron chi connectivity index (χ1n) is 7.80. The van der Waals surface area contributed by atoms with Gasteiger partial charge in [0.2, 0.25) is 0 Å². The summed E-state index contributed by atoms with van der Waals surface area (Å²) in [4.78, 5) is 2.52. The molecule has 3 unspecified atom stereocenters. The molecule has 3 heteroatoms. The Morgan fingerprint density at radius 2 is 1.80 bits per heavy atom. The van der Waals surface area contributed by atoms with Crippen molar-refractivity contribution in [3.8, 4) is 0 Å². The van der Waals surface area contributed by atoms with E-state index in [1.54, 1.807) is 0 Å². The number of rotatable bonds is 5. The normalized spacial score (nSPS) is 27.2. The lowest BCUT2D eigenvalue weighted by Crippen LogP contribution is -2.47. The minimum absolute atomic E-state index is 0.271. The van der Waals surface area contributed by atoms with E-state index >= 15 is 0 Å². The molecule has 20 heavy (non-hydrogen) atoms. The lowest BCUT2D eigenvalue weighted by atomic mass is 9.89. The summed E-state index contributed by atoms with van der Waals surface area (Å²) in [6.45, 7) is 5.76. The zero-order chi connectivity index (χ0) is 14.6. The van der Waals surface area contributed by atoms with E-state index in [4.69, 9.17) is 5.73 Å². The Morgan fingerprint density at radius 3 is 2.35 bits per heavy atom. The number of hydrogen-bond donors (Lipinski definition) is 2. The molecule has 1 aromatic rings. The van der Waals surface area contributed by atoms with Gasteiger partial charge >= 0.3 is 0 Å². The molecule has 1 aromatic carbocycles. The molecule has 3 nitrogen and oxygen atoms in total. The van der Waals surface area contributed by atoms with E-state index in [-0.39, 0.29) is 6.54 Å². The summed E-state index contributed by atoms with van der Waals surface area (Å²) in [6.07, 6.45) is 4.54. The monoisotopic (exact) mass is 276 g/mol. The van der Waals surface area contributed by atoms with Gasteiger partial charge in [-0.15, -0.1) is 0 Å². The number of nitrogens with two attached hydrogens (primary N) is 1. The first kappa shape index (κ1) is 15.5. The maximum atomic E-state index is 10.8. The molecule has 0 spiro atoms. The van der Waals surface area contributed by atoms with Gasteiger partial charge < -0.3 is 10.8 Å². The maximum absolute atomic E-state index is 10.8. The summed E-state index contributed by atoms with van der Waals surface area (Å²) in [5.41, 5.74) is 5.88. The van der Waals surface area contributed by atoms with Crippen LogP contribution in [0.4, 0.5) is 0 Å². The van der Waals surface area contributed by atoms with E-state index < -0.39 is 5.60 Å². The molecule has 0 radical (unpaired) electrons. The largest absolute Gasteiger partial charge is 0.384 e. The third-order valence-electron chi connectivity index (χ3n) is 4.81. The predicted octanol–water partition coefficient (Wildman–Crippen LogP) is 2.49. The van der Waals surface area contributed by atoms with Gasteiger partial charge in [-0.2, -0.15) is 0 Å². The molecule has 1 fully saturated rings. The fourth-order valence-electron chi connectivity index (χ4n) is 3.34. The van der Waals surface area contributed by atoms with Crippen LogP contribution in [0.2, 0.25) is 0 Å². The summed E-state index contributed by atoms with van der Waals surface area (Å²) in [6, 6.07) is 11.0. The highest BCUT2D eigenvalue weighted by molar-refractivity contribution is 5.22. The second-order valence-electron chi connectivity index (χ2n) is 6.22. The van der Waals surface area contributed by atoms with Crippen LogP contribution in [0.25, 0.3) is 0 Å². The molecule has 0 saturated carbocycles. The van der Waals surface area contributed by atoms with Crippen molar-refractivity contribution in [2.75, 3.05) is 13.1 Å². The number of nitrogens with zero attached hydrogens (tertiary/aromatic N) is 1. The highest BCUT2D eigenvalue weighted by Crippen LogP contribution is 2.28. The summed E-state index contributed by atoms with van der Waals surface area (Å²) in [5, 5.41) is 10.8. The second kappa shape index (κ2) is 6.70. The molecule has 0 aromatic heterocycles. The van der Waals surface area contributed by atoms with Gasteiger partial charge in [0, 0.05) is 25.2 Å². The highest BCUT2D eigenvalue weighted by Gasteiger charge is 2.31. The topological polar surface area (TPSA) is 49.5 Å². The number of hydrogen-bond acceptors (Lipinski definition) is 3. The van der Waals surface area contributed by atoms with Gasteiger partial charge in [-0.1, -0.05) is 36.8 Å². The Hall–Kier alpha value is -0.900. The second-order valence-corrected chi connectivity index (χ2v) is 6.22. The number of piperidine rings is 1. The molecule has 3 N–H and O–H groups in total. The summed E-state index contributed by atoms with van der Waals surface area (Å²) < 4.78 is 0. The molecule has 112 valence electrons.